The van der Waals surface area contributed by atoms with Crippen LogP contribution in [0.5, 0.6) is 0 Å². The number of hydrogen-bond donors (Lipinski definition) is 1. The van der Waals surface area contributed by atoms with E-state index in [1.807, 2.05) is 6.07 Å². The van der Waals surface area contributed by atoms with Crippen LogP contribution in [0.4, 0.5) is 4.39 Å². The summed E-state index contributed by atoms with van der Waals surface area (Å²) in [5, 5.41) is 8.87. The van der Waals surface area contributed by atoms with Gasteiger partial charge in [-0.05, 0) is 32.0 Å². The summed E-state index contributed by atoms with van der Waals surface area (Å²) in [6, 6.07) is 4.66. The number of nitriles is 1. The maximum absolute atomic E-state index is 13.3. The highest BCUT2D eigenvalue weighted by Crippen LogP contribution is 2.20. The summed E-state index contributed by atoms with van der Waals surface area (Å²) < 4.78 is 44.3. The number of nitrogens with zero attached hydrogens (tertiary/aromatic N) is 1. The van der Waals surface area contributed by atoms with E-state index in [1.165, 1.54) is 0 Å². The van der Waals surface area contributed by atoms with Crippen LogP contribution in [0, 0.1) is 22.6 Å². The molecule has 0 aliphatic heterocycles. The maximum atomic E-state index is 13.3. The van der Waals surface area contributed by atoms with Gasteiger partial charge < -0.3 is 4.74 Å². The van der Waals surface area contributed by atoms with Crippen LogP contribution in [0.25, 0.3) is 0 Å². The Hall–Kier alpha value is -1.98. The van der Waals surface area contributed by atoms with Crippen LogP contribution in [-0.4, -0.2) is 28.0 Å². The predicted molar refractivity (Wildman–Crippen MR) is 72.3 cm³/mol. The minimum atomic E-state index is -4.15. The number of halogens is 1. The van der Waals surface area contributed by atoms with E-state index in [2.05, 4.69) is 9.46 Å². The molecular weight excluding hydrogens is 299 g/mol. The molecule has 0 saturated heterocycles. The predicted octanol–water partition coefficient (Wildman–Crippen LogP) is 1.44. The highest BCUT2D eigenvalue weighted by atomic mass is 32.2. The van der Waals surface area contributed by atoms with E-state index < -0.39 is 32.1 Å². The summed E-state index contributed by atoms with van der Waals surface area (Å²) in [6.07, 6.45) is 0. The Balaban J connectivity index is 3.22. The Morgan fingerprint density at radius 3 is 2.62 bits per heavy atom. The fourth-order valence-electron chi connectivity index (χ4n) is 1.39. The zero-order valence-electron chi connectivity index (χ0n) is 11.8. The molecule has 114 valence electrons. The Morgan fingerprint density at radius 2 is 2.10 bits per heavy atom. The lowest BCUT2D eigenvalue weighted by atomic mass is 9.97. The minimum Gasteiger partial charge on any atom is -0.465 e. The van der Waals surface area contributed by atoms with Crippen molar-refractivity contribution in [2.75, 3.05) is 13.7 Å². The van der Waals surface area contributed by atoms with Gasteiger partial charge in [0.05, 0.1) is 29.1 Å². The molecule has 1 N–H and O–H groups in total. The first-order chi connectivity index (χ1) is 9.63. The van der Waals surface area contributed by atoms with Crippen molar-refractivity contribution < 1.29 is 22.3 Å². The van der Waals surface area contributed by atoms with Gasteiger partial charge in [-0.3, -0.25) is 0 Å². The van der Waals surface area contributed by atoms with Crippen molar-refractivity contribution in [3.63, 3.8) is 0 Å². The van der Waals surface area contributed by atoms with Gasteiger partial charge in [-0.1, -0.05) is 0 Å². The first-order valence-corrected chi connectivity index (χ1v) is 7.40. The first-order valence-electron chi connectivity index (χ1n) is 5.92. The fraction of sp³-hybridized carbons (Fsp3) is 0.385. The highest BCUT2D eigenvalue weighted by Gasteiger charge is 2.26. The Kier molecular flexibility index (Phi) is 5.04. The second-order valence-electron chi connectivity index (χ2n) is 4.95. The second-order valence-corrected chi connectivity index (χ2v) is 6.69. The summed E-state index contributed by atoms with van der Waals surface area (Å²) in [6.45, 7) is 2.91. The van der Waals surface area contributed by atoms with Gasteiger partial charge in [0, 0.05) is 6.54 Å². The molecule has 6 nitrogen and oxygen atoms in total. The van der Waals surface area contributed by atoms with Gasteiger partial charge in [0.1, 0.15) is 5.82 Å². The van der Waals surface area contributed by atoms with Crippen molar-refractivity contribution in [2.45, 2.75) is 18.7 Å². The summed E-state index contributed by atoms with van der Waals surface area (Å²) in [5.41, 5.74) is -1.22. The fourth-order valence-corrected chi connectivity index (χ4v) is 2.80. The van der Waals surface area contributed by atoms with Crippen molar-refractivity contribution >= 4 is 16.0 Å². The van der Waals surface area contributed by atoms with E-state index in [4.69, 9.17) is 5.26 Å². The lowest BCUT2D eigenvalue weighted by molar-refractivity contribution is 0.0596. The molecule has 0 amide bonds. The van der Waals surface area contributed by atoms with Gasteiger partial charge in [0.2, 0.25) is 10.0 Å². The zero-order chi connectivity index (χ0) is 16.3. The smallest absolute Gasteiger partial charge is 0.339 e. The lowest BCUT2D eigenvalue weighted by Gasteiger charge is -2.17. The second kappa shape index (κ2) is 6.20. The Morgan fingerprint density at radius 1 is 1.48 bits per heavy atom. The number of rotatable bonds is 5. The number of nitrogens with one attached hydrogen (secondary N) is 1. The molecule has 1 aromatic carbocycles. The molecule has 0 saturated carbocycles. The lowest BCUT2D eigenvalue weighted by Crippen LogP contribution is -2.34. The molecule has 0 aliphatic carbocycles. The van der Waals surface area contributed by atoms with Gasteiger partial charge >= 0.3 is 5.97 Å². The Bertz CT molecular complexity index is 693. The minimum absolute atomic E-state index is 0.178. The number of carbonyl (C=O) groups excluding carboxylic acids is 1. The van der Waals surface area contributed by atoms with E-state index in [1.54, 1.807) is 13.8 Å². The van der Waals surface area contributed by atoms with Gasteiger partial charge in [0.15, 0.2) is 0 Å². The van der Waals surface area contributed by atoms with Crippen LogP contribution in [0.2, 0.25) is 0 Å². The molecule has 0 unspecified atom stereocenters. The first kappa shape index (κ1) is 17.1. The van der Waals surface area contributed by atoms with Gasteiger partial charge in [0.25, 0.3) is 0 Å². The summed E-state index contributed by atoms with van der Waals surface area (Å²) in [4.78, 5) is 11.0. The third-order valence-corrected chi connectivity index (χ3v) is 4.09. The highest BCUT2D eigenvalue weighted by molar-refractivity contribution is 7.89. The molecule has 0 heterocycles. The number of carbonyl (C=O) groups is 1. The molecule has 0 bridgehead atoms. The number of methoxy groups -OCH3 is 1. The topological polar surface area (TPSA) is 96.3 Å². The molecule has 0 aliphatic rings. The standard InChI is InChI=1S/C13H15FN2O4S/c1-13(2,7-15)8-16-21(18,19)11-6-9(14)4-5-10(11)12(17)20-3/h4-6,16H,8H2,1-3H3. The molecule has 0 atom stereocenters. The third-order valence-electron chi connectivity index (χ3n) is 2.65. The molecule has 1 rings (SSSR count). The quantitative estimate of drug-likeness (QED) is 0.830. The normalized spacial score (nSPS) is 11.8. The number of ether oxygens (including phenoxy) is 1. The van der Waals surface area contributed by atoms with Crippen molar-refractivity contribution in [3.05, 3.63) is 29.6 Å². The van der Waals surface area contributed by atoms with Crippen molar-refractivity contribution in [1.29, 1.82) is 5.26 Å². The summed E-state index contributed by atoms with van der Waals surface area (Å²) >= 11 is 0. The van der Waals surface area contributed by atoms with Crippen LogP contribution < -0.4 is 4.72 Å². The Labute approximate surface area is 122 Å². The van der Waals surface area contributed by atoms with E-state index in [0.717, 1.165) is 25.3 Å². The SMILES string of the molecule is COC(=O)c1ccc(F)cc1S(=O)(=O)NCC(C)(C)C#N. The summed E-state index contributed by atoms with van der Waals surface area (Å²) in [5.74, 6) is -1.70. The largest absolute Gasteiger partial charge is 0.465 e. The molecule has 0 fully saturated rings. The van der Waals surface area contributed by atoms with E-state index in [-0.39, 0.29) is 12.1 Å². The molecule has 0 spiro atoms. The molecule has 21 heavy (non-hydrogen) atoms. The molecular formula is C13H15FN2O4S. The van der Waals surface area contributed by atoms with Crippen LogP contribution in [0.3, 0.4) is 0 Å². The zero-order valence-corrected chi connectivity index (χ0v) is 12.6. The third kappa shape index (κ3) is 4.24. The van der Waals surface area contributed by atoms with Gasteiger partial charge in [-0.2, -0.15) is 5.26 Å². The molecule has 8 heteroatoms. The van der Waals surface area contributed by atoms with E-state index in [0.29, 0.717) is 0 Å². The van der Waals surface area contributed by atoms with Crippen LogP contribution in [-0.2, 0) is 14.8 Å². The van der Waals surface area contributed by atoms with Crippen molar-refractivity contribution in [2.24, 2.45) is 5.41 Å². The molecule has 0 radical (unpaired) electrons. The average Bonchev–Trinajstić information content (AvgIpc) is 2.44. The van der Waals surface area contributed by atoms with Crippen LogP contribution >= 0.6 is 0 Å². The molecule has 1 aromatic rings. The average molecular weight is 314 g/mol. The van der Waals surface area contributed by atoms with Gasteiger partial charge in [-0.25, -0.2) is 22.3 Å². The van der Waals surface area contributed by atoms with Crippen molar-refractivity contribution in [3.8, 4) is 6.07 Å². The van der Waals surface area contributed by atoms with Gasteiger partial charge in [-0.15, -0.1) is 0 Å². The molecule has 0 aromatic heterocycles. The van der Waals surface area contributed by atoms with E-state index in [9.17, 15) is 17.6 Å². The number of hydrogen-bond acceptors (Lipinski definition) is 5. The maximum Gasteiger partial charge on any atom is 0.339 e. The van der Waals surface area contributed by atoms with Crippen LogP contribution in [0.1, 0.15) is 24.2 Å². The van der Waals surface area contributed by atoms with Crippen molar-refractivity contribution in [1.82, 2.24) is 4.72 Å². The number of benzene rings is 1. The van der Waals surface area contributed by atoms with E-state index >= 15 is 0 Å². The monoisotopic (exact) mass is 314 g/mol. The number of sulfonamides is 1. The summed E-state index contributed by atoms with van der Waals surface area (Å²) in [7, 11) is -3.06. The van der Waals surface area contributed by atoms with Crippen LogP contribution in [0.15, 0.2) is 23.1 Å². The number of esters is 1.